The van der Waals surface area contributed by atoms with Crippen LogP contribution in [0.1, 0.15) is 18.4 Å². The highest BCUT2D eigenvalue weighted by molar-refractivity contribution is 6.30. The van der Waals surface area contributed by atoms with E-state index < -0.39 is 0 Å². The van der Waals surface area contributed by atoms with Crippen LogP contribution < -0.4 is 4.90 Å². The first kappa shape index (κ1) is 21.6. The molecule has 1 aromatic carbocycles. The maximum absolute atomic E-state index is 13.1. The van der Waals surface area contributed by atoms with Gasteiger partial charge in [0.1, 0.15) is 11.6 Å². The molecule has 0 saturated carbocycles. The first-order chi connectivity index (χ1) is 15.0. The Morgan fingerprint density at radius 3 is 2.42 bits per heavy atom. The van der Waals surface area contributed by atoms with Crippen molar-refractivity contribution >= 4 is 29.2 Å². The van der Waals surface area contributed by atoms with Crippen LogP contribution in [0.3, 0.4) is 0 Å². The van der Waals surface area contributed by atoms with Gasteiger partial charge < -0.3 is 14.7 Å². The van der Waals surface area contributed by atoms with E-state index in [1.807, 2.05) is 17.0 Å². The van der Waals surface area contributed by atoms with Crippen LogP contribution in [0, 0.1) is 11.7 Å². The lowest BCUT2D eigenvalue weighted by atomic mass is 9.95. The minimum Gasteiger partial charge on any atom is -0.353 e. The van der Waals surface area contributed by atoms with Crippen molar-refractivity contribution in [3.05, 3.63) is 59.0 Å². The molecule has 164 valence electrons. The summed E-state index contributed by atoms with van der Waals surface area (Å²) in [5, 5.41) is 0.605. The summed E-state index contributed by atoms with van der Waals surface area (Å²) in [5.41, 5.74) is 0.784. The van der Waals surface area contributed by atoms with E-state index in [0.717, 1.165) is 37.3 Å². The van der Waals surface area contributed by atoms with Crippen LogP contribution in [0.25, 0.3) is 0 Å². The van der Waals surface area contributed by atoms with Crippen molar-refractivity contribution in [1.29, 1.82) is 0 Å². The first-order valence-corrected chi connectivity index (χ1v) is 11.0. The number of carbonyl (C=O) groups excluding carboxylic acids is 2. The molecule has 2 saturated heterocycles. The normalized spacial score (nSPS) is 19.4. The van der Waals surface area contributed by atoms with Crippen molar-refractivity contribution in [3.63, 3.8) is 0 Å². The SMILES string of the molecule is O=C(Cc1ccc(F)cc1)N1CCCC(C(=O)N2CCN(c3ccc(Cl)cn3)CC2)C1. The Balaban J connectivity index is 1.30. The number of nitrogens with zero attached hydrogens (tertiary/aromatic N) is 4. The molecular formula is C23H26ClFN4O2. The zero-order valence-corrected chi connectivity index (χ0v) is 18.1. The van der Waals surface area contributed by atoms with Crippen LogP contribution in [-0.4, -0.2) is 65.9 Å². The van der Waals surface area contributed by atoms with Crippen LogP contribution in [0.5, 0.6) is 0 Å². The molecule has 1 unspecified atom stereocenters. The second kappa shape index (κ2) is 9.64. The van der Waals surface area contributed by atoms with Gasteiger partial charge in [0.25, 0.3) is 0 Å². The van der Waals surface area contributed by atoms with Crippen molar-refractivity contribution in [2.75, 3.05) is 44.2 Å². The van der Waals surface area contributed by atoms with Gasteiger partial charge in [-0.25, -0.2) is 9.37 Å². The van der Waals surface area contributed by atoms with Crippen LogP contribution in [0.15, 0.2) is 42.6 Å². The number of hydrogen-bond donors (Lipinski definition) is 0. The molecule has 4 rings (SSSR count). The molecule has 31 heavy (non-hydrogen) atoms. The third kappa shape index (κ3) is 5.34. The number of rotatable bonds is 4. The van der Waals surface area contributed by atoms with E-state index in [-0.39, 0.29) is 30.0 Å². The molecule has 1 atom stereocenters. The minimum absolute atomic E-state index is 0.0114. The number of pyridine rings is 1. The second-order valence-corrected chi connectivity index (χ2v) is 8.57. The molecule has 0 aliphatic carbocycles. The molecule has 2 aliphatic heterocycles. The summed E-state index contributed by atoms with van der Waals surface area (Å²) < 4.78 is 13.1. The monoisotopic (exact) mass is 444 g/mol. The Labute approximate surface area is 186 Å². The van der Waals surface area contributed by atoms with Gasteiger partial charge in [0.2, 0.25) is 11.8 Å². The Morgan fingerprint density at radius 1 is 1.00 bits per heavy atom. The molecule has 2 amide bonds. The van der Waals surface area contributed by atoms with E-state index in [2.05, 4.69) is 9.88 Å². The number of aromatic nitrogens is 1. The molecule has 2 fully saturated rings. The lowest BCUT2D eigenvalue weighted by molar-refractivity contribution is -0.140. The fraction of sp³-hybridized carbons (Fsp3) is 0.435. The average Bonchev–Trinajstić information content (AvgIpc) is 2.81. The highest BCUT2D eigenvalue weighted by Crippen LogP contribution is 2.22. The topological polar surface area (TPSA) is 56.8 Å². The van der Waals surface area contributed by atoms with Crippen LogP contribution in [0.4, 0.5) is 10.2 Å². The number of piperazine rings is 1. The van der Waals surface area contributed by atoms with Gasteiger partial charge >= 0.3 is 0 Å². The number of amides is 2. The number of piperidine rings is 1. The summed E-state index contributed by atoms with van der Waals surface area (Å²) in [4.78, 5) is 36.0. The highest BCUT2D eigenvalue weighted by atomic mass is 35.5. The second-order valence-electron chi connectivity index (χ2n) is 8.13. The lowest BCUT2D eigenvalue weighted by Crippen LogP contribution is -2.53. The van der Waals surface area contributed by atoms with Crippen LogP contribution in [0.2, 0.25) is 5.02 Å². The van der Waals surface area contributed by atoms with Crippen molar-refractivity contribution in [3.8, 4) is 0 Å². The molecule has 6 nitrogen and oxygen atoms in total. The summed E-state index contributed by atoms with van der Waals surface area (Å²) in [6.45, 7) is 3.85. The Kier molecular flexibility index (Phi) is 6.70. The van der Waals surface area contributed by atoms with Crippen molar-refractivity contribution in [2.24, 2.45) is 5.92 Å². The predicted molar refractivity (Wildman–Crippen MR) is 117 cm³/mol. The van der Waals surface area contributed by atoms with E-state index in [0.29, 0.717) is 31.2 Å². The van der Waals surface area contributed by atoms with E-state index in [9.17, 15) is 14.0 Å². The molecule has 1 aromatic heterocycles. The molecular weight excluding hydrogens is 419 g/mol. The molecule has 0 radical (unpaired) electrons. The van der Waals surface area contributed by atoms with Gasteiger partial charge in [0, 0.05) is 45.5 Å². The third-order valence-corrected chi connectivity index (χ3v) is 6.24. The maximum Gasteiger partial charge on any atom is 0.227 e. The number of carbonyl (C=O) groups is 2. The Morgan fingerprint density at radius 2 is 1.74 bits per heavy atom. The molecule has 2 aromatic rings. The predicted octanol–water partition coefficient (Wildman–Crippen LogP) is 3.00. The fourth-order valence-electron chi connectivity index (χ4n) is 4.26. The number of likely N-dealkylation sites (tertiary alicyclic amines) is 1. The van der Waals surface area contributed by atoms with E-state index in [1.165, 1.54) is 12.1 Å². The average molecular weight is 445 g/mol. The quantitative estimate of drug-likeness (QED) is 0.727. The summed E-state index contributed by atoms with van der Waals surface area (Å²) in [6.07, 6.45) is 3.49. The molecule has 0 N–H and O–H groups in total. The van der Waals surface area contributed by atoms with Crippen molar-refractivity contribution in [1.82, 2.24) is 14.8 Å². The maximum atomic E-state index is 13.1. The van der Waals surface area contributed by atoms with E-state index in [1.54, 1.807) is 23.2 Å². The number of halogens is 2. The zero-order chi connectivity index (χ0) is 21.8. The largest absolute Gasteiger partial charge is 0.353 e. The summed E-state index contributed by atoms with van der Waals surface area (Å²) in [5.74, 6) is 0.510. The molecule has 3 heterocycles. The summed E-state index contributed by atoms with van der Waals surface area (Å²) in [6, 6.07) is 9.71. The van der Waals surface area contributed by atoms with Gasteiger partial charge in [0.05, 0.1) is 17.4 Å². The van der Waals surface area contributed by atoms with Gasteiger partial charge in [-0.15, -0.1) is 0 Å². The van der Waals surface area contributed by atoms with Crippen LogP contribution in [-0.2, 0) is 16.0 Å². The van der Waals surface area contributed by atoms with E-state index >= 15 is 0 Å². The standard InChI is InChI=1S/C23H26ClFN4O2/c24-19-5-8-21(26-15-19)27-10-12-28(13-11-27)23(31)18-2-1-9-29(16-18)22(30)14-17-3-6-20(25)7-4-17/h3-8,15,18H,1-2,9-14,16H2. The van der Waals surface area contributed by atoms with Gasteiger partial charge in [-0.1, -0.05) is 23.7 Å². The summed E-state index contributed by atoms with van der Waals surface area (Å²) in [7, 11) is 0. The Bertz CT molecular complexity index is 914. The molecule has 0 spiro atoms. The molecule has 2 aliphatic rings. The minimum atomic E-state index is -0.313. The lowest BCUT2D eigenvalue weighted by Gasteiger charge is -2.39. The number of anilines is 1. The smallest absolute Gasteiger partial charge is 0.227 e. The van der Waals surface area contributed by atoms with Gasteiger partial charge in [-0.2, -0.15) is 0 Å². The van der Waals surface area contributed by atoms with Crippen molar-refractivity contribution in [2.45, 2.75) is 19.3 Å². The fourth-order valence-corrected chi connectivity index (χ4v) is 4.37. The van der Waals surface area contributed by atoms with Crippen LogP contribution >= 0.6 is 11.6 Å². The van der Waals surface area contributed by atoms with Gasteiger partial charge in [-0.3, -0.25) is 9.59 Å². The zero-order valence-electron chi connectivity index (χ0n) is 17.3. The van der Waals surface area contributed by atoms with Crippen molar-refractivity contribution < 1.29 is 14.0 Å². The summed E-state index contributed by atoms with van der Waals surface area (Å²) >= 11 is 5.91. The molecule has 8 heteroatoms. The number of benzene rings is 1. The highest BCUT2D eigenvalue weighted by Gasteiger charge is 2.32. The first-order valence-electron chi connectivity index (χ1n) is 10.7. The number of hydrogen-bond acceptors (Lipinski definition) is 4. The van der Waals surface area contributed by atoms with Gasteiger partial charge in [0.15, 0.2) is 0 Å². The van der Waals surface area contributed by atoms with E-state index in [4.69, 9.17) is 11.6 Å². The van der Waals surface area contributed by atoms with Gasteiger partial charge in [-0.05, 0) is 42.7 Å². The molecule has 0 bridgehead atoms. The third-order valence-electron chi connectivity index (χ3n) is 6.02. The Hall–Kier alpha value is -2.67.